The van der Waals surface area contributed by atoms with Crippen LogP contribution in [0.15, 0.2) is 22.7 Å². The van der Waals surface area contributed by atoms with Crippen molar-refractivity contribution in [3.05, 3.63) is 28.2 Å². The first-order chi connectivity index (χ1) is 8.02. The molecule has 3 nitrogen and oxygen atoms in total. The zero-order valence-corrected chi connectivity index (χ0v) is 12.3. The van der Waals surface area contributed by atoms with Crippen molar-refractivity contribution >= 4 is 15.9 Å². The summed E-state index contributed by atoms with van der Waals surface area (Å²) in [5.41, 5.74) is 7.06. The highest BCUT2D eigenvalue weighted by atomic mass is 79.9. The molecular weight excluding hydrogens is 280 g/mol. The van der Waals surface area contributed by atoms with E-state index in [2.05, 4.69) is 40.0 Å². The van der Waals surface area contributed by atoms with Crippen LogP contribution in [0.3, 0.4) is 0 Å². The lowest BCUT2D eigenvalue weighted by atomic mass is 10.1. The maximum atomic E-state index is 5.76. The van der Waals surface area contributed by atoms with Crippen molar-refractivity contribution in [2.75, 3.05) is 27.2 Å². The molecule has 0 amide bonds. The number of benzene rings is 1. The van der Waals surface area contributed by atoms with Crippen LogP contribution in [0, 0.1) is 0 Å². The van der Waals surface area contributed by atoms with Crippen LogP contribution in [0.1, 0.15) is 12.5 Å². The minimum atomic E-state index is 0.225. The van der Waals surface area contributed by atoms with Crippen LogP contribution in [0.5, 0.6) is 5.75 Å². The summed E-state index contributed by atoms with van der Waals surface area (Å²) in [4.78, 5) is 2.25. The van der Waals surface area contributed by atoms with Crippen LogP contribution < -0.4 is 10.5 Å². The van der Waals surface area contributed by atoms with E-state index in [-0.39, 0.29) is 6.04 Å². The van der Waals surface area contributed by atoms with Gasteiger partial charge < -0.3 is 15.4 Å². The predicted octanol–water partition coefficient (Wildman–Crippen LogP) is 2.28. The third-order valence-electron chi connectivity index (χ3n) is 2.60. The van der Waals surface area contributed by atoms with Gasteiger partial charge in [0.05, 0.1) is 11.6 Å². The quantitative estimate of drug-likeness (QED) is 0.876. The second-order valence-corrected chi connectivity index (χ2v) is 5.31. The standard InChI is InChI=1S/C13H21BrN2O/c1-10(15)9-16(2)7-6-11-4-5-13(17-3)12(14)8-11/h4-5,8,10H,6-7,9,15H2,1-3H3. The van der Waals surface area contributed by atoms with Gasteiger partial charge in [-0.25, -0.2) is 0 Å². The summed E-state index contributed by atoms with van der Waals surface area (Å²) in [6.07, 6.45) is 1.02. The van der Waals surface area contributed by atoms with E-state index in [0.717, 1.165) is 29.7 Å². The number of ether oxygens (including phenoxy) is 1. The maximum absolute atomic E-state index is 5.76. The molecule has 1 aromatic carbocycles. The van der Waals surface area contributed by atoms with Crippen LogP contribution >= 0.6 is 15.9 Å². The van der Waals surface area contributed by atoms with Gasteiger partial charge in [0.15, 0.2) is 0 Å². The number of likely N-dealkylation sites (N-methyl/N-ethyl adjacent to an activating group) is 1. The second kappa shape index (κ2) is 6.99. The molecule has 0 radical (unpaired) electrons. The van der Waals surface area contributed by atoms with Crippen LogP contribution in [-0.2, 0) is 6.42 Å². The molecule has 0 aromatic heterocycles. The molecule has 1 rings (SSSR count). The molecule has 1 atom stereocenters. The molecule has 0 saturated heterocycles. The third-order valence-corrected chi connectivity index (χ3v) is 3.22. The third kappa shape index (κ3) is 5.06. The molecule has 0 aliphatic carbocycles. The molecule has 0 fully saturated rings. The topological polar surface area (TPSA) is 38.5 Å². The van der Waals surface area contributed by atoms with Gasteiger partial charge in [0.1, 0.15) is 5.75 Å². The zero-order valence-electron chi connectivity index (χ0n) is 10.7. The molecule has 2 N–H and O–H groups in total. The van der Waals surface area contributed by atoms with Crippen molar-refractivity contribution < 1.29 is 4.74 Å². The number of hydrogen-bond acceptors (Lipinski definition) is 3. The molecule has 96 valence electrons. The van der Waals surface area contributed by atoms with Gasteiger partial charge in [0.2, 0.25) is 0 Å². The van der Waals surface area contributed by atoms with Crippen molar-refractivity contribution in [2.24, 2.45) is 5.73 Å². The van der Waals surface area contributed by atoms with Gasteiger partial charge in [-0.3, -0.25) is 0 Å². The summed E-state index contributed by atoms with van der Waals surface area (Å²) in [7, 11) is 3.78. The smallest absolute Gasteiger partial charge is 0.133 e. The Kier molecular flexibility index (Phi) is 5.95. The van der Waals surface area contributed by atoms with Gasteiger partial charge in [-0.1, -0.05) is 6.07 Å². The van der Waals surface area contributed by atoms with E-state index in [0.29, 0.717) is 0 Å². The molecule has 4 heteroatoms. The Morgan fingerprint density at radius 1 is 1.47 bits per heavy atom. The minimum Gasteiger partial charge on any atom is -0.496 e. The van der Waals surface area contributed by atoms with Gasteiger partial charge >= 0.3 is 0 Å². The van der Waals surface area contributed by atoms with Crippen molar-refractivity contribution in [3.63, 3.8) is 0 Å². The Bertz CT molecular complexity index is 355. The van der Waals surface area contributed by atoms with Crippen LogP contribution in [0.25, 0.3) is 0 Å². The molecule has 1 unspecified atom stereocenters. The van der Waals surface area contributed by atoms with Crippen molar-refractivity contribution in [1.29, 1.82) is 0 Å². The van der Waals surface area contributed by atoms with Gasteiger partial charge in [0.25, 0.3) is 0 Å². The Morgan fingerprint density at radius 2 is 2.18 bits per heavy atom. The number of halogens is 1. The van der Waals surface area contributed by atoms with Crippen molar-refractivity contribution in [1.82, 2.24) is 4.90 Å². The van der Waals surface area contributed by atoms with E-state index in [1.807, 2.05) is 13.0 Å². The average Bonchev–Trinajstić information content (AvgIpc) is 2.25. The minimum absolute atomic E-state index is 0.225. The maximum Gasteiger partial charge on any atom is 0.133 e. The Morgan fingerprint density at radius 3 is 2.71 bits per heavy atom. The van der Waals surface area contributed by atoms with Crippen molar-refractivity contribution in [2.45, 2.75) is 19.4 Å². The fourth-order valence-electron chi connectivity index (χ4n) is 1.77. The molecule has 0 saturated carbocycles. The van der Waals surface area contributed by atoms with Gasteiger partial charge in [0, 0.05) is 19.1 Å². The van der Waals surface area contributed by atoms with Gasteiger partial charge in [-0.05, 0) is 54.0 Å². The summed E-state index contributed by atoms with van der Waals surface area (Å²) in [6, 6.07) is 6.43. The van der Waals surface area contributed by atoms with Crippen LogP contribution in [-0.4, -0.2) is 38.2 Å². The average molecular weight is 301 g/mol. The summed E-state index contributed by atoms with van der Waals surface area (Å²) in [5, 5.41) is 0. The molecular formula is C13H21BrN2O. The Balaban J connectivity index is 2.49. The van der Waals surface area contributed by atoms with Gasteiger partial charge in [-0.2, -0.15) is 0 Å². The van der Waals surface area contributed by atoms with E-state index in [9.17, 15) is 0 Å². The van der Waals surface area contributed by atoms with Gasteiger partial charge in [-0.15, -0.1) is 0 Å². The second-order valence-electron chi connectivity index (χ2n) is 4.46. The first-order valence-corrected chi connectivity index (χ1v) is 6.58. The molecule has 0 heterocycles. The summed E-state index contributed by atoms with van der Waals surface area (Å²) < 4.78 is 6.21. The molecule has 0 bridgehead atoms. The highest BCUT2D eigenvalue weighted by Gasteiger charge is 2.04. The Hall–Kier alpha value is -0.580. The summed E-state index contributed by atoms with van der Waals surface area (Å²) >= 11 is 3.50. The first-order valence-electron chi connectivity index (χ1n) is 5.79. The largest absolute Gasteiger partial charge is 0.496 e. The molecule has 0 spiro atoms. The Labute approximate surface area is 112 Å². The lowest BCUT2D eigenvalue weighted by Gasteiger charge is -2.18. The molecule has 1 aromatic rings. The van der Waals surface area contributed by atoms with Crippen LogP contribution in [0.4, 0.5) is 0 Å². The normalized spacial score (nSPS) is 12.8. The fraction of sp³-hybridized carbons (Fsp3) is 0.538. The molecule has 17 heavy (non-hydrogen) atoms. The summed E-state index contributed by atoms with van der Waals surface area (Å²) in [6.45, 7) is 3.97. The number of nitrogens with two attached hydrogens (primary N) is 1. The van der Waals surface area contributed by atoms with Crippen LogP contribution in [0.2, 0.25) is 0 Å². The number of hydrogen-bond donors (Lipinski definition) is 1. The van der Waals surface area contributed by atoms with E-state index in [4.69, 9.17) is 10.5 Å². The number of rotatable bonds is 6. The predicted molar refractivity (Wildman–Crippen MR) is 75.5 cm³/mol. The molecule has 0 aliphatic heterocycles. The first kappa shape index (κ1) is 14.5. The highest BCUT2D eigenvalue weighted by molar-refractivity contribution is 9.10. The lowest BCUT2D eigenvalue weighted by molar-refractivity contribution is 0.321. The van der Waals surface area contributed by atoms with E-state index in [1.165, 1.54) is 5.56 Å². The van der Waals surface area contributed by atoms with E-state index in [1.54, 1.807) is 7.11 Å². The number of nitrogens with zero attached hydrogens (tertiary/aromatic N) is 1. The monoisotopic (exact) mass is 300 g/mol. The summed E-state index contributed by atoms with van der Waals surface area (Å²) in [5.74, 6) is 0.873. The highest BCUT2D eigenvalue weighted by Crippen LogP contribution is 2.25. The SMILES string of the molecule is COc1ccc(CCN(C)CC(C)N)cc1Br. The van der Waals surface area contributed by atoms with E-state index < -0.39 is 0 Å². The molecule has 0 aliphatic rings. The lowest BCUT2D eigenvalue weighted by Crippen LogP contribution is -2.34. The zero-order chi connectivity index (χ0) is 12.8. The fourth-order valence-corrected chi connectivity index (χ4v) is 2.36. The number of methoxy groups -OCH3 is 1. The van der Waals surface area contributed by atoms with Crippen molar-refractivity contribution in [3.8, 4) is 5.75 Å². The van der Waals surface area contributed by atoms with E-state index >= 15 is 0 Å².